The largest absolute Gasteiger partial charge is 0.296 e. The Morgan fingerprint density at radius 2 is 1.35 bits per heavy atom. The Balaban J connectivity index is 2.28. The molecular formula is C16H12N2O6S2. The van der Waals surface area contributed by atoms with Crippen LogP contribution in [-0.4, -0.2) is 25.9 Å². The van der Waals surface area contributed by atoms with E-state index in [1.165, 1.54) is 18.2 Å². The Kier molecular flexibility index (Phi) is 4.59. The molecular weight excluding hydrogens is 380 g/mol. The van der Waals surface area contributed by atoms with Crippen molar-refractivity contribution in [2.75, 3.05) is 0 Å². The summed E-state index contributed by atoms with van der Waals surface area (Å²) >= 11 is 0. The summed E-state index contributed by atoms with van der Waals surface area (Å²) in [5.74, 6) is 0. The van der Waals surface area contributed by atoms with Crippen LogP contribution in [0.5, 0.6) is 0 Å². The molecule has 0 bridgehead atoms. The molecule has 0 radical (unpaired) electrons. The van der Waals surface area contributed by atoms with E-state index < -0.39 is 30.0 Å². The summed E-state index contributed by atoms with van der Waals surface area (Å²) < 4.78 is 65.2. The van der Waals surface area contributed by atoms with Crippen molar-refractivity contribution >= 4 is 42.4 Å². The highest BCUT2D eigenvalue weighted by Crippen LogP contribution is 2.34. The van der Waals surface area contributed by atoms with Gasteiger partial charge in [-0.05, 0) is 35.7 Å². The molecule has 0 atom stereocenters. The first-order valence-electron chi connectivity index (χ1n) is 7.15. The second kappa shape index (κ2) is 6.57. The maximum atomic E-state index is 11.7. The van der Waals surface area contributed by atoms with Crippen molar-refractivity contribution in [2.45, 2.75) is 9.79 Å². The molecule has 0 saturated carbocycles. The Hall–Kier alpha value is -2.66. The lowest BCUT2D eigenvalue weighted by Crippen LogP contribution is -2.02. The molecule has 0 aliphatic rings. The Bertz CT molecular complexity index is 1220. The lowest BCUT2D eigenvalue weighted by molar-refractivity contribution is 0.480. The molecule has 10 heteroatoms. The zero-order chi connectivity index (χ0) is 18.9. The van der Waals surface area contributed by atoms with Gasteiger partial charge >= 0.3 is 0 Å². The minimum absolute atomic E-state index is 0.0683. The van der Waals surface area contributed by atoms with E-state index in [0.29, 0.717) is 11.1 Å². The van der Waals surface area contributed by atoms with E-state index in [9.17, 15) is 25.9 Å². The van der Waals surface area contributed by atoms with Crippen molar-refractivity contribution in [1.29, 1.82) is 0 Å². The van der Waals surface area contributed by atoms with Gasteiger partial charge in [0.05, 0.1) is 5.69 Å². The Morgan fingerprint density at radius 1 is 0.692 bits per heavy atom. The number of rotatable bonds is 4. The summed E-state index contributed by atoms with van der Waals surface area (Å²) in [5.41, 5.74) is 0.289. The van der Waals surface area contributed by atoms with Gasteiger partial charge in [-0.25, -0.2) is 0 Å². The van der Waals surface area contributed by atoms with Gasteiger partial charge in [-0.15, -0.1) is 5.11 Å². The third-order valence-corrected chi connectivity index (χ3v) is 5.30. The molecule has 0 aromatic heterocycles. The number of azo groups is 1. The standard InChI is InChI=1S/C16H12N2O6S2/c19-25(20,21)15-8-4-5-11-9-14(16(10-13(11)15)26(22,23)24)18-17-12-6-2-1-3-7-12/h1-10H,(H,19,20,21)(H,22,23,24). The van der Waals surface area contributed by atoms with E-state index in [-0.39, 0.29) is 11.1 Å². The molecule has 0 saturated heterocycles. The predicted octanol–water partition coefficient (Wildman–Crippen LogP) is 3.75. The molecule has 0 amide bonds. The quantitative estimate of drug-likeness (QED) is 0.513. The average Bonchev–Trinajstić information content (AvgIpc) is 2.57. The van der Waals surface area contributed by atoms with Crippen LogP contribution in [0.15, 0.2) is 80.7 Å². The predicted molar refractivity (Wildman–Crippen MR) is 94.2 cm³/mol. The SMILES string of the molecule is O=S(=O)(O)c1cc2c(S(=O)(=O)O)cccc2cc1N=Nc1ccccc1. The van der Waals surface area contributed by atoms with Crippen molar-refractivity contribution in [2.24, 2.45) is 10.2 Å². The fraction of sp³-hybridized carbons (Fsp3) is 0. The highest BCUT2D eigenvalue weighted by Gasteiger charge is 2.21. The van der Waals surface area contributed by atoms with Crippen molar-refractivity contribution in [3.8, 4) is 0 Å². The fourth-order valence-corrected chi connectivity index (χ4v) is 3.72. The normalized spacial score (nSPS) is 12.7. The van der Waals surface area contributed by atoms with Crippen molar-refractivity contribution in [3.05, 3.63) is 60.7 Å². The highest BCUT2D eigenvalue weighted by molar-refractivity contribution is 7.86. The van der Waals surface area contributed by atoms with Crippen LogP contribution in [0.3, 0.4) is 0 Å². The van der Waals surface area contributed by atoms with E-state index >= 15 is 0 Å². The van der Waals surface area contributed by atoms with Crippen LogP contribution in [0.1, 0.15) is 0 Å². The second-order valence-corrected chi connectivity index (χ2v) is 8.06. The lowest BCUT2D eigenvalue weighted by Gasteiger charge is -2.08. The van der Waals surface area contributed by atoms with Gasteiger partial charge in [-0.2, -0.15) is 21.9 Å². The van der Waals surface area contributed by atoms with Crippen LogP contribution in [-0.2, 0) is 20.2 Å². The summed E-state index contributed by atoms with van der Waals surface area (Å²) in [5, 5.41) is 8.00. The van der Waals surface area contributed by atoms with E-state index in [1.807, 2.05) is 0 Å². The van der Waals surface area contributed by atoms with E-state index in [4.69, 9.17) is 0 Å². The van der Waals surface area contributed by atoms with E-state index in [0.717, 1.165) is 12.1 Å². The Labute approximate surface area is 149 Å². The van der Waals surface area contributed by atoms with Crippen LogP contribution in [0.4, 0.5) is 11.4 Å². The van der Waals surface area contributed by atoms with Crippen molar-refractivity contribution in [1.82, 2.24) is 0 Å². The maximum absolute atomic E-state index is 11.7. The first kappa shape index (κ1) is 18.1. The summed E-state index contributed by atoms with van der Waals surface area (Å²) in [6, 6.07) is 14.7. The molecule has 8 nitrogen and oxygen atoms in total. The molecule has 0 heterocycles. The second-order valence-electron chi connectivity index (χ2n) is 5.28. The van der Waals surface area contributed by atoms with E-state index in [2.05, 4.69) is 10.2 Å². The van der Waals surface area contributed by atoms with Crippen LogP contribution >= 0.6 is 0 Å². The molecule has 3 rings (SSSR count). The molecule has 0 aliphatic heterocycles. The molecule has 0 fully saturated rings. The molecule has 0 spiro atoms. The minimum atomic E-state index is -4.72. The first-order valence-corrected chi connectivity index (χ1v) is 10.0. The number of hydrogen-bond donors (Lipinski definition) is 2. The minimum Gasteiger partial charge on any atom is -0.282 e. The van der Waals surface area contributed by atoms with Crippen LogP contribution in [0.25, 0.3) is 10.8 Å². The molecule has 3 aromatic carbocycles. The van der Waals surface area contributed by atoms with E-state index in [1.54, 1.807) is 30.3 Å². The first-order chi connectivity index (χ1) is 12.2. The van der Waals surface area contributed by atoms with Gasteiger partial charge in [-0.3, -0.25) is 9.11 Å². The van der Waals surface area contributed by atoms with Gasteiger partial charge in [0.25, 0.3) is 20.2 Å². The zero-order valence-corrected chi connectivity index (χ0v) is 14.6. The highest BCUT2D eigenvalue weighted by atomic mass is 32.2. The number of nitrogens with zero attached hydrogens (tertiary/aromatic N) is 2. The van der Waals surface area contributed by atoms with Gasteiger partial charge in [0.15, 0.2) is 0 Å². The third kappa shape index (κ3) is 3.78. The van der Waals surface area contributed by atoms with Gasteiger partial charge in [0.1, 0.15) is 15.5 Å². The monoisotopic (exact) mass is 392 g/mol. The Morgan fingerprint density at radius 3 is 1.96 bits per heavy atom. The zero-order valence-electron chi connectivity index (χ0n) is 13.0. The average molecular weight is 392 g/mol. The van der Waals surface area contributed by atoms with Crippen LogP contribution in [0, 0.1) is 0 Å². The van der Waals surface area contributed by atoms with Gasteiger partial charge in [0, 0.05) is 5.39 Å². The number of fused-ring (bicyclic) bond motifs is 1. The molecule has 134 valence electrons. The molecule has 26 heavy (non-hydrogen) atoms. The van der Waals surface area contributed by atoms with Gasteiger partial charge in [0.2, 0.25) is 0 Å². The fourth-order valence-electron chi connectivity index (χ4n) is 2.38. The summed E-state index contributed by atoms with van der Waals surface area (Å²) in [6.45, 7) is 0. The van der Waals surface area contributed by atoms with Gasteiger partial charge < -0.3 is 0 Å². The topological polar surface area (TPSA) is 133 Å². The summed E-state index contributed by atoms with van der Waals surface area (Å²) in [7, 11) is -9.31. The lowest BCUT2D eigenvalue weighted by atomic mass is 10.1. The molecule has 0 aliphatic carbocycles. The van der Waals surface area contributed by atoms with Gasteiger partial charge in [-0.1, -0.05) is 30.3 Å². The molecule has 0 unspecified atom stereocenters. The van der Waals surface area contributed by atoms with Crippen molar-refractivity contribution < 1.29 is 25.9 Å². The molecule has 2 N–H and O–H groups in total. The number of benzene rings is 3. The van der Waals surface area contributed by atoms with Crippen LogP contribution in [0.2, 0.25) is 0 Å². The smallest absolute Gasteiger partial charge is 0.282 e. The van der Waals surface area contributed by atoms with Crippen LogP contribution < -0.4 is 0 Å². The summed E-state index contributed by atoms with van der Waals surface area (Å²) in [6.07, 6.45) is 0. The third-order valence-electron chi connectivity index (χ3n) is 3.51. The van der Waals surface area contributed by atoms with Crippen molar-refractivity contribution in [3.63, 3.8) is 0 Å². The maximum Gasteiger partial charge on any atom is 0.296 e. The molecule has 3 aromatic rings. The number of hydrogen-bond acceptors (Lipinski definition) is 6. The summed E-state index contributed by atoms with van der Waals surface area (Å²) in [4.78, 5) is -1.10.